The van der Waals surface area contributed by atoms with Crippen molar-refractivity contribution < 1.29 is 14.3 Å². The summed E-state index contributed by atoms with van der Waals surface area (Å²) >= 11 is 7.82. The maximum absolute atomic E-state index is 13.3. The van der Waals surface area contributed by atoms with Gasteiger partial charge in [0, 0.05) is 24.1 Å². The first kappa shape index (κ1) is 33.5. The lowest BCUT2D eigenvalue weighted by molar-refractivity contribution is 0.0468. The second-order valence-electron chi connectivity index (χ2n) is 11.7. The number of thiazole rings is 1. The minimum Gasteiger partial charge on any atom is -0.492 e. The first-order chi connectivity index (χ1) is 23.7. The summed E-state index contributed by atoms with van der Waals surface area (Å²) in [7, 11) is 0. The molecular formula is C36H33ClN8O3S. The second-order valence-corrected chi connectivity index (χ2v) is 13.1. The number of H-pyrrole nitrogens is 1. The van der Waals surface area contributed by atoms with Gasteiger partial charge in [-0.3, -0.25) is 0 Å². The van der Waals surface area contributed by atoms with Crippen molar-refractivity contribution in [3.8, 4) is 44.9 Å². The van der Waals surface area contributed by atoms with E-state index in [1.54, 1.807) is 19.1 Å². The molecule has 13 heteroatoms. The van der Waals surface area contributed by atoms with E-state index in [0.717, 1.165) is 33.6 Å². The number of nitriles is 1. The smallest absolute Gasteiger partial charge is 0.350 e. The summed E-state index contributed by atoms with van der Waals surface area (Å²) in [5.41, 5.74) is 6.18. The van der Waals surface area contributed by atoms with Crippen LogP contribution in [0.1, 0.15) is 58.8 Å². The Labute approximate surface area is 292 Å². The number of hydrogen-bond acceptors (Lipinski definition) is 10. The Kier molecular flexibility index (Phi) is 10.1. The van der Waals surface area contributed by atoms with Crippen molar-refractivity contribution in [3.05, 3.63) is 105 Å². The number of nitrogens with one attached hydrogen (secondary N) is 1. The van der Waals surface area contributed by atoms with Crippen LogP contribution < -0.4 is 4.74 Å². The van der Waals surface area contributed by atoms with Gasteiger partial charge in [-0.25, -0.2) is 14.8 Å². The van der Waals surface area contributed by atoms with Crippen molar-refractivity contribution in [3.63, 3.8) is 0 Å². The van der Waals surface area contributed by atoms with Gasteiger partial charge in [0.15, 0.2) is 5.15 Å². The number of hydrogen-bond donors (Lipinski definition) is 1. The molecule has 0 amide bonds. The first-order valence-corrected chi connectivity index (χ1v) is 16.9. The number of aromatic amines is 1. The largest absolute Gasteiger partial charge is 0.492 e. The zero-order valence-electron chi connectivity index (χ0n) is 27.4. The highest BCUT2D eigenvalue weighted by Gasteiger charge is 2.22. The number of rotatable bonds is 12. The molecule has 0 fully saturated rings. The zero-order chi connectivity index (χ0) is 34.5. The van der Waals surface area contributed by atoms with Crippen LogP contribution in [-0.2, 0) is 24.3 Å². The summed E-state index contributed by atoms with van der Waals surface area (Å²) < 4.78 is 13.6. The van der Waals surface area contributed by atoms with E-state index < -0.39 is 5.97 Å². The van der Waals surface area contributed by atoms with Crippen LogP contribution in [0.15, 0.2) is 66.7 Å². The van der Waals surface area contributed by atoms with Crippen LogP contribution in [0, 0.1) is 24.2 Å². The lowest BCUT2D eigenvalue weighted by atomic mass is 9.98. The average molecular weight is 693 g/mol. The molecule has 1 N–H and O–H groups in total. The molecule has 0 atom stereocenters. The minimum absolute atomic E-state index is 0.0615. The quantitative estimate of drug-likeness (QED) is 0.128. The predicted molar refractivity (Wildman–Crippen MR) is 187 cm³/mol. The average Bonchev–Trinajstić information content (AvgIpc) is 3.86. The summed E-state index contributed by atoms with van der Waals surface area (Å²) in [5, 5.41) is 25.1. The number of ether oxygens (including phenoxy) is 2. The van der Waals surface area contributed by atoms with Gasteiger partial charge >= 0.3 is 5.97 Å². The molecule has 11 nitrogen and oxygen atoms in total. The molecule has 0 saturated heterocycles. The fourth-order valence-corrected chi connectivity index (χ4v) is 6.53. The highest BCUT2D eigenvalue weighted by atomic mass is 35.5. The SMILES string of the molecule is CCc1nc(Cl)c(COC(=O)c2sc(-c3ccc(OCC(C)C)c(C#N)c3)nc2C)n1Cc1ccc(-c2ccccc2-c2nn[nH]n2)cc1. The maximum atomic E-state index is 13.3. The highest BCUT2D eigenvalue weighted by molar-refractivity contribution is 7.17. The van der Waals surface area contributed by atoms with Gasteiger partial charge in [-0.15, -0.1) is 21.5 Å². The first-order valence-electron chi connectivity index (χ1n) is 15.7. The third-order valence-corrected chi connectivity index (χ3v) is 9.27. The Morgan fingerprint density at radius 1 is 1.06 bits per heavy atom. The molecule has 0 saturated carbocycles. The van der Waals surface area contributed by atoms with Crippen molar-refractivity contribution in [2.75, 3.05) is 6.61 Å². The number of carbonyl (C=O) groups is 1. The fourth-order valence-electron chi connectivity index (χ4n) is 5.32. The monoisotopic (exact) mass is 692 g/mol. The summed E-state index contributed by atoms with van der Waals surface area (Å²) in [6, 6.07) is 23.6. The molecule has 6 rings (SSSR count). The molecule has 0 bridgehead atoms. The molecule has 0 aliphatic carbocycles. The van der Waals surface area contributed by atoms with Gasteiger partial charge in [0.2, 0.25) is 5.82 Å². The van der Waals surface area contributed by atoms with E-state index >= 15 is 0 Å². The van der Waals surface area contributed by atoms with Crippen LogP contribution in [0.3, 0.4) is 0 Å². The van der Waals surface area contributed by atoms with Crippen molar-refractivity contribution >= 4 is 28.9 Å². The number of halogens is 1. The van der Waals surface area contributed by atoms with Gasteiger partial charge in [0.1, 0.15) is 34.1 Å². The van der Waals surface area contributed by atoms with Gasteiger partial charge in [-0.2, -0.15) is 10.5 Å². The number of aryl methyl sites for hydroxylation is 2. The molecular weight excluding hydrogens is 660 g/mol. The number of imidazole rings is 1. The number of nitrogens with zero attached hydrogens (tertiary/aromatic N) is 7. The Morgan fingerprint density at radius 2 is 1.82 bits per heavy atom. The van der Waals surface area contributed by atoms with Crippen molar-refractivity contribution in [2.24, 2.45) is 5.92 Å². The molecule has 6 aromatic rings. The third-order valence-electron chi connectivity index (χ3n) is 7.78. The van der Waals surface area contributed by atoms with Crippen LogP contribution in [0.4, 0.5) is 0 Å². The number of esters is 1. The molecule has 3 heterocycles. The topological polar surface area (TPSA) is 144 Å². The predicted octanol–water partition coefficient (Wildman–Crippen LogP) is 7.69. The van der Waals surface area contributed by atoms with Crippen LogP contribution in [0.25, 0.3) is 33.1 Å². The number of carbonyl (C=O) groups excluding carboxylic acids is 1. The summed E-state index contributed by atoms with van der Waals surface area (Å²) in [4.78, 5) is 22.9. The van der Waals surface area contributed by atoms with E-state index in [1.807, 2.05) is 79.9 Å². The van der Waals surface area contributed by atoms with Crippen LogP contribution in [0.2, 0.25) is 5.15 Å². The van der Waals surface area contributed by atoms with Crippen molar-refractivity contribution in [2.45, 2.75) is 47.3 Å². The second kappa shape index (κ2) is 14.8. The molecule has 0 aliphatic heterocycles. The Morgan fingerprint density at radius 3 is 2.51 bits per heavy atom. The van der Waals surface area contributed by atoms with Crippen molar-refractivity contribution in [1.29, 1.82) is 5.26 Å². The molecule has 49 heavy (non-hydrogen) atoms. The standard InChI is InChI=1S/C36H33ClN8O3S/c1-5-31-40-33(37)29(45(31)18-23-10-12-24(13-11-23)27-8-6-7-9-28(27)34-41-43-44-42-34)20-48-36(46)32-22(4)39-35(49-32)25-14-15-30(26(16-25)17-38)47-19-21(2)3/h6-16,21H,5,18-20H2,1-4H3,(H,41,42,43,44). The fraction of sp³-hybridized carbons (Fsp3) is 0.250. The third kappa shape index (κ3) is 7.38. The van der Waals surface area contributed by atoms with E-state index in [1.165, 1.54) is 11.3 Å². The normalized spacial score (nSPS) is 11.1. The van der Waals surface area contributed by atoms with Crippen molar-refractivity contribution in [1.82, 2.24) is 35.2 Å². The molecule has 0 spiro atoms. The van der Waals surface area contributed by atoms with E-state index in [9.17, 15) is 10.1 Å². The number of tetrazole rings is 1. The van der Waals surface area contributed by atoms with E-state index in [-0.39, 0.29) is 6.61 Å². The molecule has 248 valence electrons. The summed E-state index contributed by atoms with van der Waals surface area (Å²) in [5.74, 6) is 1.65. The van der Waals surface area contributed by atoms with E-state index in [0.29, 0.717) is 69.1 Å². The zero-order valence-corrected chi connectivity index (χ0v) is 29.0. The van der Waals surface area contributed by atoms with Crippen LogP contribution in [-0.4, -0.2) is 47.7 Å². The number of aromatic nitrogens is 7. The van der Waals surface area contributed by atoms with Gasteiger partial charge in [-0.1, -0.05) is 80.9 Å². The Balaban J connectivity index is 1.18. The lowest BCUT2D eigenvalue weighted by Crippen LogP contribution is -2.12. The highest BCUT2D eigenvalue weighted by Crippen LogP contribution is 2.33. The Bertz CT molecular complexity index is 2130. The van der Waals surface area contributed by atoms with Gasteiger partial charge in [0.05, 0.1) is 23.6 Å². The molecule has 3 aromatic heterocycles. The molecule has 0 aliphatic rings. The van der Waals surface area contributed by atoms with Crippen LogP contribution >= 0.6 is 22.9 Å². The summed E-state index contributed by atoms with van der Waals surface area (Å²) in [6.07, 6.45) is 0.646. The molecule has 0 radical (unpaired) electrons. The van der Waals surface area contributed by atoms with E-state index in [4.69, 9.17) is 21.1 Å². The maximum Gasteiger partial charge on any atom is 0.350 e. The van der Waals surface area contributed by atoms with Gasteiger partial charge in [0.25, 0.3) is 0 Å². The van der Waals surface area contributed by atoms with Gasteiger partial charge < -0.3 is 14.0 Å². The molecule has 0 unspecified atom stereocenters. The molecule has 3 aromatic carbocycles. The number of benzene rings is 3. The lowest BCUT2D eigenvalue weighted by Gasteiger charge is -2.13. The van der Waals surface area contributed by atoms with E-state index in [2.05, 4.69) is 36.7 Å². The summed E-state index contributed by atoms with van der Waals surface area (Å²) in [6.45, 7) is 8.80. The minimum atomic E-state index is -0.509. The van der Waals surface area contributed by atoms with Crippen LogP contribution in [0.5, 0.6) is 5.75 Å². The Hall–Kier alpha value is -5.38. The van der Waals surface area contributed by atoms with Gasteiger partial charge in [-0.05, 0) is 52.9 Å².